The summed E-state index contributed by atoms with van der Waals surface area (Å²) in [6.45, 7) is 12.3. The Morgan fingerprint density at radius 3 is 2.18 bits per heavy atom. The second kappa shape index (κ2) is 13.2. The Bertz CT molecular complexity index is 868. The molecule has 3 rings (SSSR count). The lowest BCUT2D eigenvalue weighted by atomic mass is 10.0. The molecule has 2 aromatic rings. The van der Waals surface area contributed by atoms with Crippen molar-refractivity contribution >= 4 is 0 Å². The molecule has 1 aliphatic heterocycles. The van der Waals surface area contributed by atoms with Crippen LogP contribution in [-0.2, 0) is 25.6 Å². The number of benzene rings is 2. The van der Waals surface area contributed by atoms with Gasteiger partial charge in [-0.2, -0.15) is 0 Å². The molecule has 184 valence electrons. The summed E-state index contributed by atoms with van der Waals surface area (Å²) in [6.07, 6.45) is -3.55. The highest BCUT2D eigenvalue weighted by molar-refractivity contribution is 5.31. The molecule has 0 bridgehead atoms. The van der Waals surface area contributed by atoms with Gasteiger partial charge in [-0.05, 0) is 55.5 Å². The van der Waals surface area contributed by atoms with Crippen molar-refractivity contribution in [1.29, 1.82) is 0 Å². The smallest absolute Gasteiger partial charge is 0.184 e. The Morgan fingerprint density at radius 2 is 1.61 bits per heavy atom. The highest BCUT2D eigenvalue weighted by atomic mass is 16.7. The lowest BCUT2D eigenvalue weighted by molar-refractivity contribution is -0.294. The topological polar surface area (TPSA) is 77.4 Å². The van der Waals surface area contributed by atoms with Gasteiger partial charge in [0, 0.05) is 12.7 Å². The lowest BCUT2D eigenvalue weighted by Gasteiger charge is -2.41. The molecular weight excluding hydrogens is 420 g/mol. The van der Waals surface area contributed by atoms with E-state index in [2.05, 4.69) is 26.8 Å². The summed E-state index contributed by atoms with van der Waals surface area (Å²) < 4.78 is 23.8. The van der Waals surface area contributed by atoms with E-state index in [0.29, 0.717) is 6.61 Å². The van der Waals surface area contributed by atoms with Crippen LogP contribution in [0.5, 0.6) is 0 Å². The molecule has 6 heteroatoms. The molecule has 1 fully saturated rings. The maximum atomic E-state index is 10.5. The second-order valence-corrected chi connectivity index (χ2v) is 8.33. The van der Waals surface area contributed by atoms with Crippen molar-refractivity contribution in [1.82, 2.24) is 0 Å². The molecule has 1 aliphatic rings. The van der Waals surface area contributed by atoms with Gasteiger partial charge < -0.3 is 29.2 Å². The van der Waals surface area contributed by atoms with Crippen molar-refractivity contribution < 1.29 is 29.2 Å². The molecule has 0 spiro atoms. The van der Waals surface area contributed by atoms with E-state index >= 15 is 0 Å². The van der Waals surface area contributed by atoms with Gasteiger partial charge in [-0.25, -0.2) is 0 Å². The van der Waals surface area contributed by atoms with Crippen LogP contribution in [0.25, 0.3) is 0 Å². The minimum absolute atomic E-state index is 0.286. The van der Waals surface area contributed by atoms with E-state index in [1.807, 2.05) is 51.1 Å². The van der Waals surface area contributed by atoms with Crippen molar-refractivity contribution in [2.45, 2.75) is 78.9 Å². The van der Waals surface area contributed by atoms with E-state index in [-0.39, 0.29) is 6.61 Å². The summed E-state index contributed by atoms with van der Waals surface area (Å²) in [7, 11) is 1.58. The number of methoxy groups -OCH3 is 1. The molecule has 0 radical (unpaired) electrons. The van der Waals surface area contributed by atoms with Crippen LogP contribution in [0, 0.1) is 27.7 Å². The summed E-state index contributed by atoms with van der Waals surface area (Å²) in [5.74, 6) is 0. The van der Waals surface area contributed by atoms with Crippen LogP contribution in [0.1, 0.15) is 53.5 Å². The number of hydrogen-bond donors (Lipinski definition) is 2. The standard InChI is InChI=1S/C25H34O6.C2H6/c1-15-6-8-19(10-17(15)3)13-29-23(21(27)12-26)24-22(28-5)14-30-25(31-24)20-9-7-16(2)18(4)11-20;1-2/h6-11,21-27H,12-14H2,1-5H3;1-2H3. The zero-order chi connectivity index (χ0) is 24.5. The maximum Gasteiger partial charge on any atom is 0.184 e. The van der Waals surface area contributed by atoms with Gasteiger partial charge in [0.15, 0.2) is 6.29 Å². The number of hydrogen-bond acceptors (Lipinski definition) is 6. The van der Waals surface area contributed by atoms with Gasteiger partial charge in [0.1, 0.15) is 24.4 Å². The first-order valence-electron chi connectivity index (χ1n) is 11.7. The molecule has 6 nitrogen and oxygen atoms in total. The first-order valence-corrected chi connectivity index (χ1v) is 11.7. The summed E-state index contributed by atoms with van der Waals surface area (Å²) in [6, 6.07) is 12.2. The van der Waals surface area contributed by atoms with E-state index in [0.717, 1.165) is 16.7 Å². The van der Waals surface area contributed by atoms with Gasteiger partial charge in [-0.1, -0.05) is 50.2 Å². The third kappa shape index (κ3) is 7.09. The highest BCUT2D eigenvalue weighted by Gasteiger charge is 2.42. The summed E-state index contributed by atoms with van der Waals surface area (Å²) in [4.78, 5) is 0. The van der Waals surface area contributed by atoms with Crippen LogP contribution in [0.4, 0.5) is 0 Å². The van der Waals surface area contributed by atoms with E-state index in [4.69, 9.17) is 18.9 Å². The largest absolute Gasteiger partial charge is 0.394 e. The Hall–Kier alpha value is -1.80. The maximum absolute atomic E-state index is 10.5. The van der Waals surface area contributed by atoms with Crippen LogP contribution in [-0.4, -0.2) is 55.0 Å². The number of rotatable bonds is 8. The summed E-state index contributed by atoms with van der Waals surface area (Å²) in [5, 5.41) is 20.2. The number of ether oxygens (including phenoxy) is 4. The molecule has 0 aliphatic carbocycles. The van der Waals surface area contributed by atoms with Gasteiger partial charge in [0.25, 0.3) is 0 Å². The van der Waals surface area contributed by atoms with Gasteiger partial charge in [0.05, 0.1) is 19.8 Å². The fourth-order valence-corrected chi connectivity index (χ4v) is 3.74. The summed E-state index contributed by atoms with van der Waals surface area (Å²) in [5.41, 5.74) is 6.61. The molecule has 0 saturated carbocycles. The number of aryl methyl sites for hydroxylation is 4. The van der Waals surface area contributed by atoms with E-state index < -0.39 is 37.3 Å². The molecule has 0 aromatic heterocycles. The van der Waals surface area contributed by atoms with Gasteiger partial charge >= 0.3 is 0 Å². The fourth-order valence-electron chi connectivity index (χ4n) is 3.74. The van der Waals surface area contributed by atoms with Crippen LogP contribution in [0.15, 0.2) is 36.4 Å². The molecule has 2 aromatic carbocycles. The lowest BCUT2D eigenvalue weighted by Crippen LogP contribution is -2.54. The minimum atomic E-state index is -1.12. The Kier molecular flexibility index (Phi) is 11.0. The van der Waals surface area contributed by atoms with Crippen molar-refractivity contribution in [3.8, 4) is 0 Å². The normalized spacial score (nSPS) is 22.3. The predicted molar refractivity (Wildman–Crippen MR) is 129 cm³/mol. The molecule has 33 heavy (non-hydrogen) atoms. The predicted octanol–water partition coefficient (Wildman–Crippen LogP) is 4.31. The molecule has 0 amide bonds. The average Bonchev–Trinajstić information content (AvgIpc) is 2.84. The van der Waals surface area contributed by atoms with Crippen molar-refractivity contribution in [3.63, 3.8) is 0 Å². The van der Waals surface area contributed by atoms with Crippen molar-refractivity contribution in [2.24, 2.45) is 0 Å². The van der Waals surface area contributed by atoms with E-state index in [1.165, 1.54) is 16.7 Å². The molecule has 1 saturated heterocycles. The number of aliphatic hydroxyl groups excluding tert-OH is 2. The zero-order valence-electron chi connectivity index (χ0n) is 21.0. The van der Waals surface area contributed by atoms with E-state index in [1.54, 1.807) is 7.11 Å². The third-order valence-electron chi connectivity index (χ3n) is 6.07. The highest BCUT2D eigenvalue weighted by Crippen LogP contribution is 2.32. The minimum Gasteiger partial charge on any atom is -0.394 e. The Balaban J connectivity index is 0.00000187. The van der Waals surface area contributed by atoms with Crippen LogP contribution in [0.3, 0.4) is 0 Å². The Morgan fingerprint density at radius 1 is 0.970 bits per heavy atom. The van der Waals surface area contributed by atoms with Gasteiger partial charge in [0.2, 0.25) is 0 Å². The Labute approximate surface area is 198 Å². The molecular formula is C27H40O6. The summed E-state index contributed by atoms with van der Waals surface area (Å²) >= 11 is 0. The number of aliphatic hydroxyl groups is 2. The average molecular weight is 461 g/mol. The van der Waals surface area contributed by atoms with Gasteiger partial charge in [-0.15, -0.1) is 0 Å². The van der Waals surface area contributed by atoms with Crippen LogP contribution < -0.4 is 0 Å². The molecule has 2 N–H and O–H groups in total. The van der Waals surface area contributed by atoms with E-state index in [9.17, 15) is 10.2 Å². The van der Waals surface area contributed by atoms with Crippen LogP contribution in [0.2, 0.25) is 0 Å². The molecule has 5 atom stereocenters. The molecule has 1 heterocycles. The first-order chi connectivity index (χ1) is 15.8. The molecule has 5 unspecified atom stereocenters. The van der Waals surface area contributed by atoms with Crippen LogP contribution >= 0.6 is 0 Å². The van der Waals surface area contributed by atoms with Crippen molar-refractivity contribution in [2.75, 3.05) is 20.3 Å². The monoisotopic (exact) mass is 460 g/mol. The third-order valence-corrected chi connectivity index (χ3v) is 6.07. The fraction of sp³-hybridized carbons (Fsp3) is 0.556. The zero-order valence-corrected chi connectivity index (χ0v) is 21.0. The SMILES string of the molecule is CC.COC1COC(c2ccc(C)c(C)c2)OC1C(OCc1ccc(C)c(C)c1)C(O)CO. The second-order valence-electron chi connectivity index (χ2n) is 8.33. The quantitative estimate of drug-likeness (QED) is 0.611. The van der Waals surface area contributed by atoms with Crippen molar-refractivity contribution in [3.05, 3.63) is 69.8 Å². The first kappa shape index (κ1) is 27.4. The van der Waals surface area contributed by atoms with Gasteiger partial charge in [-0.3, -0.25) is 0 Å².